The lowest BCUT2D eigenvalue weighted by Gasteiger charge is -2.35. The number of carbonyl (C=O) groups excluding carboxylic acids is 4. The van der Waals surface area contributed by atoms with Gasteiger partial charge in [-0.15, -0.1) is 11.3 Å². The topological polar surface area (TPSA) is 269 Å². The number of hydrogen-bond acceptors (Lipinski definition) is 13. The van der Waals surface area contributed by atoms with Gasteiger partial charge in [0.1, 0.15) is 46.8 Å². The molecule has 4 amide bonds. The van der Waals surface area contributed by atoms with E-state index in [0.29, 0.717) is 37.2 Å². The van der Waals surface area contributed by atoms with E-state index < -0.39 is 69.0 Å². The number of halogens is 3. The van der Waals surface area contributed by atoms with Gasteiger partial charge in [0.05, 0.1) is 27.9 Å². The number of nitrogens with two attached hydrogens (primary N) is 1. The van der Waals surface area contributed by atoms with Crippen LogP contribution in [0.2, 0.25) is 0 Å². The Morgan fingerprint density at radius 3 is 2.38 bits per heavy atom. The molecule has 0 bridgehead atoms. The van der Waals surface area contributed by atoms with Crippen LogP contribution < -0.4 is 31.1 Å². The van der Waals surface area contributed by atoms with Crippen LogP contribution in [-0.2, 0) is 37.5 Å². The van der Waals surface area contributed by atoms with E-state index >= 15 is 0 Å². The molecule has 1 aliphatic heterocycles. The summed E-state index contributed by atoms with van der Waals surface area (Å²) < 4.78 is 74.1. The number of β-amino-alcohol motifs (C(OH)–C–C–N with tert-alkyl or cyclic N) is 1. The molecule has 3 aromatic heterocycles. The Balaban J connectivity index is 0.915. The Morgan fingerprint density at radius 2 is 1.72 bits per heavy atom. The number of H-pyrrole nitrogens is 1. The van der Waals surface area contributed by atoms with Crippen LogP contribution in [-0.4, -0.2) is 97.5 Å². The number of unbranched alkanes of at least 4 members (excludes halogenated alkanes) is 2. The van der Waals surface area contributed by atoms with Crippen LogP contribution in [0.3, 0.4) is 0 Å². The first kappa shape index (κ1) is 54.5. The predicted molar refractivity (Wildman–Crippen MR) is 272 cm³/mol. The number of hydrogen-bond donors (Lipinski definition) is 7. The number of aliphatic hydroxyl groups excluding tert-OH is 1. The van der Waals surface area contributed by atoms with Crippen LogP contribution in [0, 0.1) is 18.2 Å². The van der Waals surface area contributed by atoms with E-state index in [1.165, 1.54) is 47.4 Å². The fourth-order valence-electron chi connectivity index (χ4n) is 8.35. The number of aromatic nitrogens is 5. The summed E-state index contributed by atoms with van der Waals surface area (Å²) in [6.07, 6.45) is 1.93. The number of benzene rings is 3. The number of primary amides is 1. The highest BCUT2D eigenvalue weighted by atomic mass is 32.2. The maximum atomic E-state index is 14.1. The minimum atomic E-state index is -5.12. The third-order valence-corrected chi connectivity index (χ3v) is 14.2. The molecular weight excluding hydrogens is 1000 g/mol. The maximum Gasteiger partial charge on any atom is 0.355 e. The number of aromatic amines is 1. The van der Waals surface area contributed by atoms with Gasteiger partial charge in [-0.25, -0.2) is 17.8 Å². The number of aryl methyl sites for hydroxylation is 2. The van der Waals surface area contributed by atoms with Crippen LogP contribution >= 0.6 is 11.3 Å². The third kappa shape index (κ3) is 13.4. The average molecular weight is 1060 g/mol. The number of likely N-dealkylation sites (tertiary alicyclic amines) is 1. The molecule has 0 spiro atoms. The summed E-state index contributed by atoms with van der Waals surface area (Å²) in [7, 11) is -5.12. The molecule has 24 heteroatoms. The summed E-state index contributed by atoms with van der Waals surface area (Å²) in [6, 6.07) is 16.6. The van der Waals surface area contributed by atoms with Crippen molar-refractivity contribution < 1.29 is 50.6 Å². The smallest absolute Gasteiger partial charge is 0.355 e. The first-order chi connectivity index (χ1) is 35.1. The molecule has 1 aliphatic rings. The molecule has 0 saturated carbocycles. The Labute approximate surface area is 429 Å². The van der Waals surface area contributed by atoms with Gasteiger partial charge >= 0.3 is 5.76 Å². The van der Waals surface area contributed by atoms with Crippen LogP contribution in [0.15, 0.2) is 84.5 Å². The van der Waals surface area contributed by atoms with Crippen LogP contribution in [0.1, 0.15) is 93.1 Å². The van der Waals surface area contributed by atoms with Crippen molar-refractivity contribution in [2.75, 3.05) is 16.6 Å². The molecule has 74 heavy (non-hydrogen) atoms. The Bertz CT molecular complexity index is 3070. The van der Waals surface area contributed by atoms with E-state index in [1.54, 1.807) is 40.7 Å². The van der Waals surface area contributed by atoms with E-state index in [0.717, 1.165) is 21.7 Å². The molecule has 4 atom stereocenters. The fraction of sp³-hybridized carbons (Fsp3) is 0.380. The lowest BCUT2D eigenvalue weighted by molar-refractivity contribution is -0.144. The zero-order valence-corrected chi connectivity index (χ0v) is 42.8. The van der Waals surface area contributed by atoms with Crippen LogP contribution in [0.4, 0.5) is 30.5 Å². The summed E-state index contributed by atoms with van der Waals surface area (Å²) in [5.41, 5.74) is 9.98. The van der Waals surface area contributed by atoms with E-state index in [1.807, 2.05) is 56.7 Å². The van der Waals surface area contributed by atoms with E-state index in [-0.39, 0.29) is 65.9 Å². The second kappa shape index (κ2) is 23.3. The Morgan fingerprint density at radius 1 is 1.00 bits per heavy atom. The van der Waals surface area contributed by atoms with Crippen molar-refractivity contribution in [3.05, 3.63) is 113 Å². The van der Waals surface area contributed by atoms with Gasteiger partial charge < -0.3 is 36.4 Å². The highest BCUT2D eigenvalue weighted by molar-refractivity contribution is 7.93. The molecule has 7 rings (SSSR count). The van der Waals surface area contributed by atoms with E-state index in [9.17, 15) is 45.9 Å². The quantitative estimate of drug-likeness (QED) is 0.0334. The first-order valence-corrected chi connectivity index (χ1v) is 26.1. The number of alkyl halides is 2. The van der Waals surface area contributed by atoms with Crippen molar-refractivity contribution in [1.82, 2.24) is 40.5 Å². The molecule has 1 fully saturated rings. The monoisotopic (exact) mass is 1060 g/mol. The number of nitrogens with zero attached hydrogens (tertiary/aromatic N) is 5. The summed E-state index contributed by atoms with van der Waals surface area (Å²) in [5, 5.41) is 30.9. The van der Waals surface area contributed by atoms with Gasteiger partial charge in [0, 0.05) is 50.3 Å². The molecule has 0 unspecified atom stereocenters. The van der Waals surface area contributed by atoms with Gasteiger partial charge in [0.25, 0.3) is 15.9 Å². The van der Waals surface area contributed by atoms with Gasteiger partial charge in [-0.2, -0.15) is 19.0 Å². The van der Waals surface area contributed by atoms with Crippen molar-refractivity contribution in [2.45, 2.75) is 110 Å². The molecule has 19 nitrogen and oxygen atoms in total. The highest BCUT2D eigenvalue weighted by Gasteiger charge is 2.44. The van der Waals surface area contributed by atoms with Crippen LogP contribution in [0.5, 0.6) is 5.75 Å². The second-order valence-corrected chi connectivity index (χ2v) is 21.5. The molecule has 0 radical (unpaired) electrons. The summed E-state index contributed by atoms with van der Waals surface area (Å²) >= 11 is 1.55. The van der Waals surface area contributed by atoms with E-state index in [2.05, 4.69) is 36.2 Å². The van der Waals surface area contributed by atoms with Gasteiger partial charge in [0.2, 0.25) is 17.7 Å². The zero-order valence-electron chi connectivity index (χ0n) is 41.2. The van der Waals surface area contributed by atoms with Crippen molar-refractivity contribution >= 4 is 62.3 Å². The third-order valence-electron chi connectivity index (χ3n) is 12.3. The number of carbonyl (C=O) groups is 4. The second-order valence-electron chi connectivity index (χ2n) is 19.0. The molecular formula is C50H58F3N11O8S2. The molecule has 3 aromatic carbocycles. The minimum Gasteiger partial charge on any atom is -0.484 e. The van der Waals surface area contributed by atoms with Gasteiger partial charge in [-0.3, -0.25) is 33.7 Å². The van der Waals surface area contributed by atoms with Crippen molar-refractivity contribution in [3.63, 3.8) is 0 Å². The number of nitrogens with one attached hydrogen (secondary N) is 5. The molecule has 0 aliphatic carbocycles. The normalized spacial score (nSPS) is 15.7. The summed E-state index contributed by atoms with van der Waals surface area (Å²) in [6.45, 7) is 9.65. The first-order valence-electron chi connectivity index (χ1n) is 23.7. The fourth-order valence-corrected chi connectivity index (χ4v) is 9.73. The predicted octanol–water partition coefficient (Wildman–Crippen LogP) is 7.16. The average Bonchev–Trinajstić information content (AvgIpc) is 4.18. The molecule has 1 saturated heterocycles. The van der Waals surface area contributed by atoms with Crippen molar-refractivity contribution in [2.24, 2.45) is 11.1 Å². The largest absolute Gasteiger partial charge is 0.484 e. The minimum absolute atomic E-state index is 0.0164. The molecule has 6 aromatic rings. The number of sulfonamides is 1. The summed E-state index contributed by atoms with van der Waals surface area (Å²) in [5.74, 6) is -6.15. The number of anilines is 3. The number of thiazole rings is 1. The lowest BCUT2D eigenvalue weighted by atomic mass is 9.85. The van der Waals surface area contributed by atoms with E-state index in [4.69, 9.17) is 10.5 Å². The molecule has 394 valence electrons. The number of amides is 4. The Hall–Kier alpha value is -7.31. The van der Waals surface area contributed by atoms with Crippen molar-refractivity contribution in [1.29, 1.82) is 0 Å². The lowest BCUT2D eigenvalue weighted by Crippen LogP contribution is -2.57. The molecule has 8 N–H and O–H groups in total. The molecule has 4 heterocycles. The number of aliphatic hydroxyl groups is 1. The maximum absolute atomic E-state index is 14.1. The number of rotatable bonds is 22. The summed E-state index contributed by atoms with van der Waals surface area (Å²) in [4.78, 5) is 60.5. The SMILES string of the molecule is Cc1ncsc1-c1ccc(CNC(=O)[C@@H]2C[C@@H](O)CN2C(=O)[C@@H](NC(=O)CCCCCn2ccc(Nc3[nH]nc(-c4ccc(NS(=O)(=O)C(F)F)c(O[C@@H](C)c5ccc(F)cc5)c4)c3C(N)=O)n2)C(C)(C)C)cc1. The number of ether oxygens (including phenoxy) is 1. The van der Waals surface area contributed by atoms with Gasteiger partial charge in [-0.05, 0) is 73.1 Å². The van der Waals surface area contributed by atoms with Gasteiger partial charge in [0.15, 0.2) is 5.82 Å². The zero-order chi connectivity index (χ0) is 53.5. The highest BCUT2D eigenvalue weighted by Crippen LogP contribution is 2.37. The van der Waals surface area contributed by atoms with Crippen molar-refractivity contribution in [3.8, 4) is 27.4 Å². The van der Waals surface area contributed by atoms with Crippen LogP contribution in [0.25, 0.3) is 21.7 Å². The standard InChI is InChI=1S/C50H58F3N11O8S2/c1-28-43(73-27-56-28)32-12-10-30(11-13-32)25-55-47(68)37-24-35(65)26-64(37)48(69)44(50(3,4)5)58-40(66)9-7-6-8-21-63-22-20-39(61-63)57-46-41(45(54)67)42(59-60-46)33-16-19-36(62-74(70,71)49(52)53)38(23-33)72-29(2)31-14-17-34(51)18-15-31/h10-20,22-23,27,29,35,37,44,49,62,65H,6-9,21,24-26H2,1-5H3,(H2,54,67)(H,55,68)(H,58,66)(H2,57,59,60,61)/t29-,35+,37-,44+/m0/s1. The Kier molecular flexibility index (Phi) is 17.1. The van der Waals surface area contributed by atoms with Gasteiger partial charge in [-0.1, -0.05) is 69.7 Å².